The summed E-state index contributed by atoms with van der Waals surface area (Å²) in [6, 6.07) is 9.21. The summed E-state index contributed by atoms with van der Waals surface area (Å²) in [6.07, 6.45) is 1.77. The molecule has 7 nitrogen and oxygen atoms in total. The van der Waals surface area contributed by atoms with Crippen molar-refractivity contribution in [3.05, 3.63) is 57.7 Å². The fourth-order valence-corrected chi connectivity index (χ4v) is 2.19. The summed E-state index contributed by atoms with van der Waals surface area (Å²) in [7, 11) is 0. The van der Waals surface area contributed by atoms with Crippen molar-refractivity contribution in [3.63, 3.8) is 0 Å². The van der Waals surface area contributed by atoms with E-state index in [0.717, 1.165) is 0 Å². The van der Waals surface area contributed by atoms with Crippen molar-refractivity contribution >= 4 is 23.2 Å². The van der Waals surface area contributed by atoms with Gasteiger partial charge in [0.2, 0.25) is 17.8 Å². The number of aromatic nitrogens is 1. The van der Waals surface area contributed by atoms with Crippen LogP contribution < -0.4 is 10.1 Å². The average Bonchev–Trinajstić information content (AvgIpc) is 3.32. The van der Waals surface area contributed by atoms with Gasteiger partial charge in [-0.25, -0.2) is 4.98 Å². The molecule has 0 radical (unpaired) electrons. The Morgan fingerprint density at radius 2 is 2.04 bits per heavy atom. The first-order chi connectivity index (χ1) is 11.0. The summed E-state index contributed by atoms with van der Waals surface area (Å²) < 4.78 is 5.53. The lowest BCUT2D eigenvalue weighted by atomic mass is 10.3. The maximum Gasteiger partial charge on any atom is 0.234 e. The number of pyridine rings is 1. The third kappa shape index (κ3) is 3.75. The molecule has 8 heteroatoms. The number of benzene rings is 1. The standard InChI is InChI=1S/C15H12ClN3O4/c16-9-1-6-14(17-8-9)23-11-4-2-10(3-5-11)18-15(20)12-7-13(12)19(21)22/h1-6,8,12-13H,7H2,(H,18,20)/t12-,13-/m1/s1. The van der Waals surface area contributed by atoms with E-state index in [1.54, 1.807) is 36.4 Å². The van der Waals surface area contributed by atoms with Gasteiger partial charge in [0.25, 0.3) is 0 Å². The van der Waals surface area contributed by atoms with Crippen molar-refractivity contribution in [1.29, 1.82) is 0 Å². The third-order valence-corrected chi connectivity index (χ3v) is 3.63. The quantitative estimate of drug-likeness (QED) is 0.670. The van der Waals surface area contributed by atoms with Crippen molar-refractivity contribution in [3.8, 4) is 11.6 Å². The van der Waals surface area contributed by atoms with Crippen molar-refractivity contribution < 1.29 is 14.5 Å². The van der Waals surface area contributed by atoms with Gasteiger partial charge >= 0.3 is 0 Å². The van der Waals surface area contributed by atoms with Gasteiger partial charge in [-0.2, -0.15) is 0 Å². The van der Waals surface area contributed by atoms with Gasteiger partial charge in [-0.3, -0.25) is 14.9 Å². The number of ether oxygens (including phenoxy) is 1. The van der Waals surface area contributed by atoms with E-state index >= 15 is 0 Å². The minimum atomic E-state index is -0.756. The van der Waals surface area contributed by atoms with Crippen molar-refractivity contribution in [2.45, 2.75) is 12.5 Å². The van der Waals surface area contributed by atoms with Crippen LogP contribution in [0.15, 0.2) is 42.6 Å². The summed E-state index contributed by atoms with van der Waals surface area (Å²) in [6.45, 7) is 0. The minimum absolute atomic E-state index is 0.294. The predicted octanol–water partition coefficient (Wildman–Crippen LogP) is 3.13. The van der Waals surface area contributed by atoms with Crippen molar-refractivity contribution in [2.75, 3.05) is 5.32 Å². The van der Waals surface area contributed by atoms with Gasteiger partial charge in [0.05, 0.1) is 5.02 Å². The minimum Gasteiger partial charge on any atom is -0.439 e. The Morgan fingerprint density at radius 1 is 1.30 bits per heavy atom. The Kier molecular flexibility index (Phi) is 4.12. The molecule has 1 aromatic heterocycles. The van der Waals surface area contributed by atoms with E-state index in [0.29, 0.717) is 28.8 Å². The summed E-state index contributed by atoms with van der Waals surface area (Å²) in [5.41, 5.74) is 0.556. The number of nitro groups is 1. The average molecular weight is 334 g/mol. The Morgan fingerprint density at radius 3 is 2.61 bits per heavy atom. The molecule has 1 heterocycles. The van der Waals surface area contributed by atoms with Crippen LogP contribution in [0.25, 0.3) is 0 Å². The second kappa shape index (κ2) is 6.21. The maximum absolute atomic E-state index is 11.8. The number of amides is 1. The third-order valence-electron chi connectivity index (χ3n) is 3.41. The van der Waals surface area contributed by atoms with Crippen molar-refractivity contribution in [2.24, 2.45) is 5.92 Å². The van der Waals surface area contributed by atoms with Gasteiger partial charge in [-0.15, -0.1) is 0 Å². The fraction of sp³-hybridized carbons (Fsp3) is 0.200. The first-order valence-electron chi connectivity index (χ1n) is 6.87. The molecule has 1 aliphatic rings. The van der Waals surface area contributed by atoms with Crippen LogP contribution in [0.2, 0.25) is 5.02 Å². The van der Waals surface area contributed by atoms with Gasteiger partial charge < -0.3 is 10.1 Å². The molecular weight excluding hydrogens is 322 g/mol. The fourth-order valence-electron chi connectivity index (χ4n) is 2.08. The molecule has 1 aromatic carbocycles. The topological polar surface area (TPSA) is 94.4 Å². The zero-order valence-corrected chi connectivity index (χ0v) is 12.6. The molecule has 3 rings (SSSR count). The second-order valence-electron chi connectivity index (χ2n) is 5.13. The maximum atomic E-state index is 11.8. The number of hydrogen-bond acceptors (Lipinski definition) is 5. The van der Waals surface area contributed by atoms with Gasteiger partial charge in [-0.1, -0.05) is 11.6 Å². The highest BCUT2D eigenvalue weighted by atomic mass is 35.5. The largest absolute Gasteiger partial charge is 0.439 e. The molecule has 2 aromatic rings. The lowest BCUT2D eigenvalue weighted by Crippen LogP contribution is -2.18. The normalized spacial score (nSPS) is 19.0. The molecule has 0 bridgehead atoms. The lowest BCUT2D eigenvalue weighted by molar-refractivity contribution is -0.497. The van der Waals surface area contributed by atoms with E-state index in [2.05, 4.69) is 10.3 Å². The van der Waals surface area contributed by atoms with E-state index in [-0.39, 0.29) is 5.91 Å². The monoisotopic (exact) mass is 333 g/mol. The van der Waals surface area contributed by atoms with E-state index < -0.39 is 16.9 Å². The number of rotatable bonds is 5. The molecule has 2 atom stereocenters. The number of carbonyl (C=O) groups is 1. The smallest absolute Gasteiger partial charge is 0.234 e. The highest BCUT2D eigenvalue weighted by molar-refractivity contribution is 6.30. The first kappa shape index (κ1) is 15.2. The Hall–Kier alpha value is -2.67. The van der Waals surface area contributed by atoms with E-state index in [1.807, 2.05) is 0 Å². The van der Waals surface area contributed by atoms with E-state index in [4.69, 9.17) is 16.3 Å². The van der Waals surface area contributed by atoms with Crippen LogP contribution in [0.5, 0.6) is 11.6 Å². The Bertz CT molecular complexity index is 733. The number of halogens is 1. The first-order valence-corrected chi connectivity index (χ1v) is 7.24. The number of nitrogens with one attached hydrogen (secondary N) is 1. The summed E-state index contributed by atoms with van der Waals surface area (Å²) >= 11 is 5.74. The van der Waals surface area contributed by atoms with Crippen LogP contribution in [-0.4, -0.2) is 21.9 Å². The molecule has 0 saturated heterocycles. The predicted molar refractivity (Wildman–Crippen MR) is 83.3 cm³/mol. The van der Waals surface area contributed by atoms with Gasteiger partial charge in [0.1, 0.15) is 11.7 Å². The molecule has 0 aliphatic heterocycles. The van der Waals surface area contributed by atoms with Gasteiger partial charge in [-0.05, 0) is 30.3 Å². The molecule has 1 N–H and O–H groups in total. The molecule has 0 unspecified atom stereocenters. The van der Waals surface area contributed by atoms with Gasteiger partial charge in [0, 0.05) is 29.3 Å². The van der Waals surface area contributed by atoms with Gasteiger partial charge in [0.15, 0.2) is 0 Å². The highest BCUT2D eigenvalue weighted by Crippen LogP contribution is 2.34. The van der Waals surface area contributed by atoms with Crippen LogP contribution in [0.1, 0.15) is 6.42 Å². The molecular formula is C15H12ClN3O4. The summed E-state index contributed by atoms with van der Waals surface area (Å²) in [5, 5.41) is 13.7. The number of nitrogens with zero attached hydrogens (tertiary/aromatic N) is 2. The molecule has 0 spiro atoms. The summed E-state index contributed by atoms with van der Waals surface area (Å²) in [4.78, 5) is 26.0. The number of carbonyl (C=O) groups excluding carboxylic acids is 1. The zero-order valence-electron chi connectivity index (χ0n) is 11.8. The van der Waals surface area contributed by atoms with E-state index in [9.17, 15) is 14.9 Å². The van der Waals surface area contributed by atoms with Crippen LogP contribution in [-0.2, 0) is 4.79 Å². The number of hydrogen-bond donors (Lipinski definition) is 1. The van der Waals surface area contributed by atoms with Crippen LogP contribution in [0.3, 0.4) is 0 Å². The molecule has 1 amide bonds. The van der Waals surface area contributed by atoms with Crippen LogP contribution in [0.4, 0.5) is 5.69 Å². The molecule has 118 valence electrons. The van der Waals surface area contributed by atoms with Crippen LogP contribution >= 0.6 is 11.6 Å². The number of anilines is 1. The molecule has 23 heavy (non-hydrogen) atoms. The second-order valence-corrected chi connectivity index (χ2v) is 5.56. The molecule has 1 aliphatic carbocycles. The molecule has 1 saturated carbocycles. The Labute approximate surface area is 136 Å². The van der Waals surface area contributed by atoms with Crippen molar-refractivity contribution in [1.82, 2.24) is 4.98 Å². The summed E-state index contributed by atoms with van der Waals surface area (Å²) in [5.74, 6) is 0.0735. The van der Waals surface area contributed by atoms with Crippen LogP contribution in [0, 0.1) is 16.0 Å². The Balaban J connectivity index is 1.58. The SMILES string of the molecule is O=C(Nc1ccc(Oc2ccc(Cl)cn2)cc1)[C@@H]1C[C@H]1[N+](=O)[O-]. The zero-order chi connectivity index (χ0) is 16.4. The highest BCUT2D eigenvalue weighted by Gasteiger charge is 2.53. The lowest BCUT2D eigenvalue weighted by Gasteiger charge is -2.07. The molecule has 1 fully saturated rings. The van der Waals surface area contributed by atoms with E-state index in [1.165, 1.54) is 6.20 Å².